The van der Waals surface area contributed by atoms with Crippen LogP contribution in [0, 0.1) is 5.92 Å². The van der Waals surface area contributed by atoms with Crippen molar-refractivity contribution < 1.29 is 9.53 Å². The van der Waals surface area contributed by atoms with E-state index < -0.39 is 0 Å². The Morgan fingerprint density at radius 1 is 1.43 bits per heavy atom. The van der Waals surface area contributed by atoms with Gasteiger partial charge in [-0.2, -0.15) is 0 Å². The Labute approximate surface area is 127 Å². The number of carbonyl (C=O) groups excluding carboxylic acids is 1. The first-order valence-corrected chi connectivity index (χ1v) is 7.97. The van der Waals surface area contributed by atoms with E-state index >= 15 is 0 Å². The fraction of sp³-hybridized carbons (Fsp3) is 0.588. The van der Waals surface area contributed by atoms with Crippen LogP contribution in [0.25, 0.3) is 0 Å². The van der Waals surface area contributed by atoms with Crippen molar-refractivity contribution in [1.82, 2.24) is 10.6 Å². The monoisotopic (exact) mass is 290 g/mol. The van der Waals surface area contributed by atoms with Crippen LogP contribution in [0.1, 0.15) is 31.7 Å². The van der Waals surface area contributed by atoms with Crippen molar-refractivity contribution in [3.63, 3.8) is 0 Å². The van der Waals surface area contributed by atoms with Crippen LogP contribution in [-0.2, 0) is 11.2 Å². The molecule has 4 heteroatoms. The van der Waals surface area contributed by atoms with Crippen LogP contribution in [0.5, 0.6) is 5.75 Å². The third-order valence-electron chi connectivity index (χ3n) is 3.93. The Morgan fingerprint density at radius 2 is 2.29 bits per heavy atom. The van der Waals surface area contributed by atoms with E-state index in [2.05, 4.69) is 16.7 Å². The van der Waals surface area contributed by atoms with Gasteiger partial charge in [-0.3, -0.25) is 4.79 Å². The third kappa shape index (κ3) is 5.38. The normalized spacial score (nSPS) is 17.7. The number of benzene rings is 1. The Morgan fingerprint density at radius 3 is 3.05 bits per heavy atom. The van der Waals surface area contributed by atoms with Gasteiger partial charge in [-0.25, -0.2) is 0 Å². The summed E-state index contributed by atoms with van der Waals surface area (Å²) in [6.07, 6.45) is 3.65. The van der Waals surface area contributed by atoms with Crippen molar-refractivity contribution >= 4 is 5.91 Å². The molecule has 1 atom stereocenters. The number of carbonyl (C=O) groups is 1. The topological polar surface area (TPSA) is 50.4 Å². The SMILES string of the molecule is CCOc1ccccc1CCNC(=O)CCC1CCNC1. The second kappa shape index (κ2) is 8.67. The molecule has 0 bridgehead atoms. The lowest BCUT2D eigenvalue weighted by Gasteiger charge is -2.11. The van der Waals surface area contributed by atoms with Gasteiger partial charge in [0.25, 0.3) is 0 Å². The molecule has 2 N–H and O–H groups in total. The van der Waals surface area contributed by atoms with Gasteiger partial charge in [0.2, 0.25) is 5.91 Å². The molecule has 116 valence electrons. The maximum Gasteiger partial charge on any atom is 0.220 e. The largest absolute Gasteiger partial charge is 0.494 e. The summed E-state index contributed by atoms with van der Waals surface area (Å²) in [5.74, 6) is 1.76. The first-order chi connectivity index (χ1) is 10.3. The molecule has 1 saturated heterocycles. The molecular weight excluding hydrogens is 264 g/mol. The summed E-state index contributed by atoms with van der Waals surface area (Å²) in [7, 11) is 0. The summed E-state index contributed by atoms with van der Waals surface area (Å²) in [5.41, 5.74) is 1.15. The molecule has 1 aliphatic rings. The second-order valence-electron chi connectivity index (χ2n) is 5.54. The van der Waals surface area contributed by atoms with Gasteiger partial charge in [-0.15, -0.1) is 0 Å². The highest BCUT2D eigenvalue weighted by Gasteiger charge is 2.15. The van der Waals surface area contributed by atoms with Crippen molar-refractivity contribution in [3.8, 4) is 5.75 Å². The average Bonchev–Trinajstić information content (AvgIpc) is 3.00. The molecule has 1 aromatic carbocycles. The van der Waals surface area contributed by atoms with Crippen molar-refractivity contribution in [3.05, 3.63) is 29.8 Å². The predicted molar refractivity (Wildman–Crippen MR) is 84.5 cm³/mol. The first-order valence-electron chi connectivity index (χ1n) is 7.97. The second-order valence-corrected chi connectivity index (χ2v) is 5.54. The fourth-order valence-electron chi connectivity index (χ4n) is 2.73. The molecule has 1 fully saturated rings. The van der Waals surface area contributed by atoms with Crippen molar-refractivity contribution in [2.24, 2.45) is 5.92 Å². The number of amides is 1. The Bertz CT molecular complexity index is 442. The van der Waals surface area contributed by atoms with Crippen molar-refractivity contribution in [2.75, 3.05) is 26.2 Å². The third-order valence-corrected chi connectivity index (χ3v) is 3.93. The van der Waals surface area contributed by atoms with E-state index in [1.165, 1.54) is 6.42 Å². The van der Waals surface area contributed by atoms with Gasteiger partial charge in [-0.05, 0) is 56.8 Å². The highest BCUT2D eigenvalue weighted by Crippen LogP contribution is 2.18. The molecule has 0 aliphatic carbocycles. The van der Waals surface area contributed by atoms with E-state index in [0.717, 1.165) is 37.2 Å². The van der Waals surface area contributed by atoms with E-state index in [1.54, 1.807) is 0 Å². The summed E-state index contributed by atoms with van der Waals surface area (Å²) < 4.78 is 5.59. The van der Waals surface area contributed by atoms with Crippen LogP contribution in [-0.4, -0.2) is 32.1 Å². The molecule has 1 heterocycles. The quantitative estimate of drug-likeness (QED) is 0.771. The lowest BCUT2D eigenvalue weighted by molar-refractivity contribution is -0.121. The summed E-state index contributed by atoms with van der Waals surface area (Å²) in [4.78, 5) is 11.8. The van der Waals surface area contributed by atoms with E-state index in [9.17, 15) is 4.79 Å². The van der Waals surface area contributed by atoms with Crippen LogP contribution in [0.3, 0.4) is 0 Å². The number of hydrogen-bond acceptors (Lipinski definition) is 3. The van der Waals surface area contributed by atoms with Gasteiger partial charge in [-0.1, -0.05) is 18.2 Å². The summed E-state index contributed by atoms with van der Waals surface area (Å²) in [6, 6.07) is 8.02. The molecule has 0 spiro atoms. The number of nitrogens with one attached hydrogen (secondary N) is 2. The van der Waals surface area contributed by atoms with E-state index in [0.29, 0.717) is 25.5 Å². The molecule has 1 unspecified atom stereocenters. The molecular formula is C17H26N2O2. The number of ether oxygens (including phenoxy) is 1. The van der Waals surface area contributed by atoms with Gasteiger partial charge in [0.05, 0.1) is 6.61 Å². The zero-order valence-corrected chi connectivity index (χ0v) is 12.9. The number of hydrogen-bond donors (Lipinski definition) is 2. The van der Waals surface area contributed by atoms with Gasteiger partial charge in [0.1, 0.15) is 5.75 Å². The van der Waals surface area contributed by atoms with Crippen molar-refractivity contribution in [2.45, 2.75) is 32.6 Å². The summed E-state index contributed by atoms with van der Waals surface area (Å²) in [6.45, 7) is 5.48. The zero-order valence-electron chi connectivity index (χ0n) is 12.9. The van der Waals surface area contributed by atoms with E-state index in [-0.39, 0.29) is 5.91 Å². The highest BCUT2D eigenvalue weighted by molar-refractivity contribution is 5.75. The molecule has 4 nitrogen and oxygen atoms in total. The minimum atomic E-state index is 0.163. The highest BCUT2D eigenvalue weighted by atomic mass is 16.5. The minimum absolute atomic E-state index is 0.163. The summed E-state index contributed by atoms with van der Waals surface area (Å²) >= 11 is 0. The Balaban J connectivity index is 1.67. The maximum absolute atomic E-state index is 11.8. The summed E-state index contributed by atoms with van der Waals surface area (Å²) in [5, 5.41) is 6.34. The van der Waals surface area contributed by atoms with Crippen LogP contribution in [0.4, 0.5) is 0 Å². The van der Waals surface area contributed by atoms with Crippen molar-refractivity contribution in [1.29, 1.82) is 0 Å². The molecule has 0 saturated carbocycles. The Hall–Kier alpha value is -1.55. The van der Waals surface area contributed by atoms with Crippen LogP contribution in [0.15, 0.2) is 24.3 Å². The lowest BCUT2D eigenvalue weighted by Crippen LogP contribution is -2.26. The standard InChI is InChI=1S/C17H26N2O2/c1-2-21-16-6-4-3-5-15(16)10-12-19-17(20)8-7-14-9-11-18-13-14/h3-6,14,18H,2,7-13H2,1H3,(H,19,20). The predicted octanol–water partition coefficient (Wildman–Crippen LogP) is 2.13. The van der Waals surface area contributed by atoms with E-state index in [1.807, 2.05) is 25.1 Å². The molecule has 0 aromatic heterocycles. The van der Waals surface area contributed by atoms with Gasteiger partial charge < -0.3 is 15.4 Å². The average molecular weight is 290 g/mol. The smallest absolute Gasteiger partial charge is 0.220 e. The number of rotatable bonds is 8. The Kier molecular flexibility index (Phi) is 6.54. The molecule has 1 aliphatic heterocycles. The van der Waals surface area contributed by atoms with Crippen LogP contribution in [0.2, 0.25) is 0 Å². The molecule has 0 radical (unpaired) electrons. The fourth-order valence-corrected chi connectivity index (χ4v) is 2.73. The zero-order chi connectivity index (χ0) is 14.9. The number of para-hydroxylation sites is 1. The maximum atomic E-state index is 11.8. The molecule has 1 aromatic rings. The first kappa shape index (κ1) is 15.8. The molecule has 21 heavy (non-hydrogen) atoms. The van der Waals surface area contributed by atoms with Gasteiger partial charge in [0.15, 0.2) is 0 Å². The molecule has 1 amide bonds. The van der Waals surface area contributed by atoms with Crippen LogP contribution < -0.4 is 15.4 Å². The van der Waals surface area contributed by atoms with Gasteiger partial charge >= 0.3 is 0 Å². The van der Waals surface area contributed by atoms with Crippen LogP contribution >= 0.6 is 0 Å². The lowest BCUT2D eigenvalue weighted by atomic mass is 10.0. The van der Waals surface area contributed by atoms with Gasteiger partial charge in [0, 0.05) is 13.0 Å². The van der Waals surface area contributed by atoms with E-state index in [4.69, 9.17) is 4.74 Å². The molecule has 2 rings (SSSR count). The minimum Gasteiger partial charge on any atom is -0.494 e.